The van der Waals surface area contributed by atoms with Gasteiger partial charge in [0.25, 0.3) is 0 Å². The molecule has 0 radical (unpaired) electrons. The van der Waals surface area contributed by atoms with Gasteiger partial charge in [0.2, 0.25) is 0 Å². The average Bonchev–Trinajstić information content (AvgIpc) is 2.41. The third-order valence-electron chi connectivity index (χ3n) is 4.73. The molecule has 2 aliphatic rings. The molecular weight excluding hydrogens is 286 g/mol. The second kappa shape index (κ2) is 6.56. The summed E-state index contributed by atoms with van der Waals surface area (Å²) in [5, 5.41) is 0. The molecule has 0 aliphatic carbocycles. The van der Waals surface area contributed by atoms with E-state index in [4.69, 9.17) is 9.73 Å². The van der Waals surface area contributed by atoms with Gasteiger partial charge in [-0.2, -0.15) is 0 Å². The van der Waals surface area contributed by atoms with E-state index >= 15 is 0 Å². The van der Waals surface area contributed by atoms with Gasteiger partial charge in [0, 0.05) is 44.4 Å². The Hall–Kier alpha value is -0.870. The summed E-state index contributed by atoms with van der Waals surface area (Å²) in [5.41, 5.74) is 3.20. The van der Waals surface area contributed by atoms with Crippen LogP contribution in [0.3, 0.4) is 0 Å². The van der Waals surface area contributed by atoms with Gasteiger partial charge >= 0.3 is 0 Å². The van der Waals surface area contributed by atoms with Crippen LogP contribution in [0.15, 0.2) is 16.3 Å². The molecule has 4 heteroatoms. The largest absolute Gasteiger partial charge is 0.383 e. The van der Waals surface area contributed by atoms with Gasteiger partial charge < -0.3 is 9.64 Å². The van der Waals surface area contributed by atoms with Crippen LogP contribution >= 0.6 is 0 Å². The van der Waals surface area contributed by atoms with Gasteiger partial charge in [0.1, 0.15) is 5.84 Å². The van der Waals surface area contributed by atoms with Crippen LogP contribution in [0.4, 0.5) is 0 Å². The standard InChI is InChI=1S/C19H35N3O/c1-14-16(18(2,3)4)15-13-21(11-12-23-8)9-10-22(15)17(20-14)19(5,6)7/h14H,9-13H2,1-8H3/t14-/m0/s1. The number of ether oxygens (including phenoxy) is 1. The molecule has 0 unspecified atom stereocenters. The van der Waals surface area contributed by atoms with Crippen molar-refractivity contribution < 1.29 is 4.74 Å². The summed E-state index contributed by atoms with van der Waals surface area (Å²) in [6.45, 7) is 20.9. The number of aliphatic imine (C=N–C) groups is 1. The minimum Gasteiger partial charge on any atom is -0.383 e. The average molecular weight is 322 g/mol. The maximum Gasteiger partial charge on any atom is 0.109 e. The zero-order valence-electron chi connectivity index (χ0n) is 16.4. The molecule has 0 saturated carbocycles. The van der Waals surface area contributed by atoms with Crippen molar-refractivity contribution in [3.8, 4) is 0 Å². The topological polar surface area (TPSA) is 28.1 Å². The highest BCUT2D eigenvalue weighted by atomic mass is 16.5. The summed E-state index contributed by atoms with van der Waals surface area (Å²) in [4.78, 5) is 10.1. The minimum atomic E-state index is 0.0810. The smallest absolute Gasteiger partial charge is 0.109 e. The molecule has 1 saturated heterocycles. The Balaban J connectivity index is 2.39. The SMILES string of the molecule is COCCN1CCN2C(C(C)(C)C)=N[C@@H](C)C(C(C)(C)C)=C2C1. The van der Waals surface area contributed by atoms with Crippen LogP contribution in [-0.4, -0.2) is 61.6 Å². The van der Waals surface area contributed by atoms with Crippen LogP contribution in [0.25, 0.3) is 0 Å². The maximum absolute atomic E-state index is 5.28. The van der Waals surface area contributed by atoms with Gasteiger partial charge in [0.05, 0.1) is 12.6 Å². The summed E-state index contributed by atoms with van der Waals surface area (Å²) in [6, 6.07) is 0.262. The zero-order chi connectivity index (χ0) is 17.4. The van der Waals surface area contributed by atoms with Crippen molar-refractivity contribution in [2.75, 3.05) is 39.9 Å². The van der Waals surface area contributed by atoms with E-state index in [0.717, 1.165) is 32.8 Å². The van der Waals surface area contributed by atoms with E-state index in [0.29, 0.717) is 0 Å². The molecule has 2 rings (SSSR count). The number of hydrogen-bond acceptors (Lipinski definition) is 4. The molecule has 0 N–H and O–H groups in total. The lowest BCUT2D eigenvalue weighted by Crippen LogP contribution is -2.54. The van der Waals surface area contributed by atoms with E-state index in [-0.39, 0.29) is 16.9 Å². The molecule has 132 valence electrons. The van der Waals surface area contributed by atoms with Crippen LogP contribution < -0.4 is 0 Å². The van der Waals surface area contributed by atoms with Crippen molar-refractivity contribution in [3.63, 3.8) is 0 Å². The molecule has 2 heterocycles. The second-order valence-electron chi connectivity index (χ2n) is 8.91. The number of piperazine rings is 1. The van der Waals surface area contributed by atoms with Crippen LogP contribution in [0, 0.1) is 10.8 Å². The second-order valence-corrected chi connectivity index (χ2v) is 8.91. The molecule has 1 fully saturated rings. The van der Waals surface area contributed by atoms with E-state index < -0.39 is 0 Å². The molecule has 4 nitrogen and oxygen atoms in total. The molecule has 1 atom stereocenters. The Morgan fingerprint density at radius 2 is 1.74 bits per heavy atom. The van der Waals surface area contributed by atoms with Gasteiger partial charge in [0.15, 0.2) is 0 Å². The predicted octanol–water partition coefficient (Wildman–Crippen LogP) is 3.40. The first-order valence-corrected chi connectivity index (χ1v) is 8.86. The number of amidine groups is 1. The van der Waals surface area contributed by atoms with Crippen molar-refractivity contribution in [2.45, 2.75) is 54.5 Å². The molecule has 0 spiro atoms. The molecule has 23 heavy (non-hydrogen) atoms. The van der Waals surface area contributed by atoms with Crippen LogP contribution in [-0.2, 0) is 4.74 Å². The molecule has 0 amide bonds. The van der Waals surface area contributed by atoms with Crippen molar-refractivity contribution in [3.05, 3.63) is 11.3 Å². The zero-order valence-corrected chi connectivity index (χ0v) is 16.4. The van der Waals surface area contributed by atoms with Gasteiger partial charge in [-0.25, -0.2) is 0 Å². The highest BCUT2D eigenvalue weighted by Crippen LogP contribution is 2.40. The first-order chi connectivity index (χ1) is 10.6. The highest BCUT2D eigenvalue weighted by Gasteiger charge is 2.39. The van der Waals surface area contributed by atoms with Gasteiger partial charge in [-0.15, -0.1) is 0 Å². The minimum absolute atomic E-state index is 0.0810. The van der Waals surface area contributed by atoms with E-state index in [2.05, 4.69) is 58.3 Å². The van der Waals surface area contributed by atoms with E-state index in [1.807, 2.05) is 0 Å². The number of nitrogens with zero attached hydrogens (tertiary/aromatic N) is 3. The normalized spacial score (nSPS) is 23.9. The lowest BCUT2D eigenvalue weighted by Gasteiger charge is -2.48. The van der Waals surface area contributed by atoms with Crippen molar-refractivity contribution in [1.29, 1.82) is 0 Å². The molecule has 0 bridgehead atoms. The third-order valence-corrected chi connectivity index (χ3v) is 4.73. The van der Waals surface area contributed by atoms with Gasteiger partial charge in [-0.1, -0.05) is 41.5 Å². The Morgan fingerprint density at radius 3 is 2.26 bits per heavy atom. The summed E-state index contributed by atoms with van der Waals surface area (Å²) < 4.78 is 5.28. The van der Waals surface area contributed by atoms with Gasteiger partial charge in [-0.3, -0.25) is 9.89 Å². The molecular formula is C19H35N3O. The molecule has 0 aromatic heterocycles. The molecule has 0 aromatic rings. The fourth-order valence-electron chi connectivity index (χ4n) is 3.84. The Kier molecular flexibility index (Phi) is 5.27. The number of methoxy groups -OCH3 is 1. The van der Waals surface area contributed by atoms with Crippen LogP contribution in [0.5, 0.6) is 0 Å². The summed E-state index contributed by atoms with van der Waals surface area (Å²) in [5.74, 6) is 1.25. The molecule has 2 aliphatic heterocycles. The summed E-state index contributed by atoms with van der Waals surface area (Å²) in [6.07, 6.45) is 0. The summed E-state index contributed by atoms with van der Waals surface area (Å²) in [7, 11) is 1.78. The van der Waals surface area contributed by atoms with Crippen molar-refractivity contribution in [1.82, 2.24) is 9.80 Å². The van der Waals surface area contributed by atoms with E-state index in [9.17, 15) is 0 Å². The third kappa shape index (κ3) is 3.97. The van der Waals surface area contributed by atoms with Crippen LogP contribution in [0.1, 0.15) is 48.5 Å². The monoisotopic (exact) mass is 321 g/mol. The molecule has 0 aromatic carbocycles. The number of fused-ring (bicyclic) bond motifs is 1. The first-order valence-electron chi connectivity index (χ1n) is 8.86. The maximum atomic E-state index is 5.28. The summed E-state index contributed by atoms with van der Waals surface area (Å²) >= 11 is 0. The van der Waals surface area contributed by atoms with E-state index in [1.165, 1.54) is 17.1 Å². The van der Waals surface area contributed by atoms with Crippen LogP contribution in [0.2, 0.25) is 0 Å². The Morgan fingerprint density at radius 1 is 1.09 bits per heavy atom. The fourth-order valence-corrected chi connectivity index (χ4v) is 3.84. The van der Waals surface area contributed by atoms with Crippen molar-refractivity contribution >= 4 is 5.84 Å². The lowest BCUT2D eigenvalue weighted by atomic mass is 9.78. The highest BCUT2D eigenvalue weighted by molar-refractivity contribution is 5.90. The fraction of sp³-hybridized carbons (Fsp3) is 0.842. The Bertz CT molecular complexity index is 494. The Labute approximate surface area is 142 Å². The van der Waals surface area contributed by atoms with E-state index in [1.54, 1.807) is 7.11 Å². The van der Waals surface area contributed by atoms with Crippen molar-refractivity contribution in [2.24, 2.45) is 15.8 Å². The first kappa shape index (κ1) is 18.5. The number of rotatable bonds is 3. The lowest BCUT2D eigenvalue weighted by molar-refractivity contribution is 0.130. The van der Waals surface area contributed by atoms with Gasteiger partial charge in [-0.05, 0) is 17.9 Å². The predicted molar refractivity (Wildman–Crippen MR) is 97.9 cm³/mol. The quantitative estimate of drug-likeness (QED) is 0.797. The number of hydrogen-bond donors (Lipinski definition) is 0.